The van der Waals surface area contributed by atoms with Crippen molar-refractivity contribution in [2.75, 3.05) is 6.61 Å². The Morgan fingerprint density at radius 3 is 2.50 bits per heavy atom. The maximum absolute atomic E-state index is 13.2. The average molecular weight is 437 g/mol. The number of esters is 1. The first-order valence-corrected chi connectivity index (χ1v) is 9.33. The summed E-state index contributed by atoms with van der Waals surface area (Å²) in [5.41, 5.74) is 1.42. The van der Waals surface area contributed by atoms with Gasteiger partial charge in [-0.15, -0.1) is 0 Å². The lowest BCUT2D eigenvalue weighted by Gasteiger charge is -2.20. The number of hydrogen-bond acceptors (Lipinski definition) is 6. The second kappa shape index (κ2) is 7.09. The molecule has 2 aromatic heterocycles. The first-order valence-electron chi connectivity index (χ1n) is 8.53. The predicted molar refractivity (Wildman–Crippen MR) is 104 cm³/mol. The SMILES string of the molecule is CCOC(=O)c1cc2c(c(-c3ccc(Br)cc3)n1)C(=O)c1cccnc1C2=O. The molecule has 0 aliphatic heterocycles. The van der Waals surface area contributed by atoms with E-state index in [1.807, 2.05) is 0 Å². The third kappa shape index (κ3) is 2.93. The zero-order chi connectivity index (χ0) is 19.8. The van der Waals surface area contributed by atoms with Crippen LogP contribution < -0.4 is 0 Å². The lowest BCUT2D eigenvalue weighted by Crippen LogP contribution is -2.25. The maximum Gasteiger partial charge on any atom is 0.356 e. The maximum atomic E-state index is 13.2. The molecule has 4 rings (SSSR count). The molecule has 1 aliphatic rings. The summed E-state index contributed by atoms with van der Waals surface area (Å²) in [7, 11) is 0. The Morgan fingerprint density at radius 2 is 1.79 bits per heavy atom. The number of ketones is 2. The van der Waals surface area contributed by atoms with Crippen LogP contribution in [0.4, 0.5) is 0 Å². The molecule has 1 aromatic carbocycles. The quantitative estimate of drug-likeness (QED) is 0.453. The average Bonchev–Trinajstić information content (AvgIpc) is 2.72. The smallest absolute Gasteiger partial charge is 0.356 e. The summed E-state index contributed by atoms with van der Waals surface area (Å²) in [5, 5.41) is 0. The largest absolute Gasteiger partial charge is 0.461 e. The Bertz CT molecular complexity index is 1140. The molecule has 1 aliphatic carbocycles. The summed E-state index contributed by atoms with van der Waals surface area (Å²) < 4.78 is 5.89. The second-order valence-corrected chi connectivity index (χ2v) is 6.98. The van der Waals surface area contributed by atoms with E-state index >= 15 is 0 Å². The fourth-order valence-corrected chi connectivity index (χ4v) is 3.38. The number of halogens is 1. The number of fused-ring (bicyclic) bond motifs is 2. The second-order valence-electron chi connectivity index (χ2n) is 6.06. The van der Waals surface area contributed by atoms with Crippen molar-refractivity contribution >= 4 is 33.5 Å². The number of ether oxygens (including phenoxy) is 1. The molecule has 2 heterocycles. The van der Waals surface area contributed by atoms with E-state index < -0.39 is 11.8 Å². The van der Waals surface area contributed by atoms with Crippen LogP contribution in [0.2, 0.25) is 0 Å². The van der Waals surface area contributed by atoms with Gasteiger partial charge in [-0.1, -0.05) is 28.1 Å². The molecule has 7 heteroatoms. The van der Waals surface area contributed by atoms with Crippen LogP contribution in [0.1, 0.15) is 49.4 Å². The fourth-order valence-electron chi connectivity index (χ4n) is 3.11. The van der Waals surface area contributed by atoms with Gasteiger partial charge < -0.3 is 4.74 Å². The fraction of sp³-hybridized carbons (Fsp3) is 0.0952. The highest BCUT2D eigenvalue weighted by molar-refractivity contribution is 9.10. The van der Waals surface area contributed by atoms with E-state index in [9.17, 15) is 14.4 Å². The van der Waals surface area contributed by atoms with Gasteiger partial charge in [0.2, 0.25) is 5.78 Å². The zero-order valence-electron chi connectivity index (χ0n) is 14.7. The summed E-state index contributed by atoms with van der Waals surface area (Å²) in [6.45, 7) is 1.85. The molecule has 3 aromatic rings. The summed E-state index contributed by atoms with van der Waals surface area (Å²) >= 11 is 3.37. The molecule has 0 bridgehead atoms. The Kier molecular flexibility index (Phi) is 4.60. The molecule has 0 N–H and O–H groups in total. The van der Waals surface area contributed by atoms with E-state index in [0.29, 0.717) is 5.56 Å². The summed E-state index contributed by atoms with van der Waals surface area (Å²) in [6, 6.07) is 11.6. The van der Waals surface area contributed by atoms with Gasteiger partial charge >= 0.3 is 5.97 Å². The van der Waals surface area contributed by atoms with E-state index in [0.717, 1.165) is 4.47 Å². The van der Waals surface area contributed by atoms with Crippen LogP contribution in [-0.4, -0.2) is 34.1 Å². The number of hydrogen-bond donors (Lipinski definition) is 0. The van der Waals surface area contributed by atoms with Gasteiger partial charge in [-0.25, -0.2) is 9.78 Å². The van der Waals surface area contributed by atoms with E-state index in [1.165, 1.54) is 12.3 Å². The van der Waals surface area contributed by atoms with E-state index in [4.69, 9.17) is 4.74 Å². The van der Waals surface area contributed by atoms with E-state index in [2.05, 4.69) is 25.9 Å². The minimum Gasteiger partial charge on any atom is -0.461 e. The number of pyridine rings is 2. The highest BCUT2D eigenvalue weighted by Crippen LogP contribution is 2.33. The van der Waals surface area contributed by atoms with Gasteiger partial charge in [0.25, 0.3) is 0 Å². The van der Waals surface area contributed by atoms with Crippen molar-refractivity contribution in [1.29, 1.82) is 0 Å². The minimum atomic E-state index is -0.657. The van der Waals surface area contributed by atoms with Gasteiger partial charge in [0.1, 0.15) is 11.4 Å². The first kappa shape index (κ1) is 18.2. The highest BCUT2D eigenvalue weighted by Gasteiger charge is 2.35. The van der Waals surface area contributed by atoms with Crippen LogP contribution in [-0.2, 0) is 4.74 Å². The molecule has 138 valence electrons. The van der Waals surface area contributed by atoms with Crippen LogP contribution in [0.5, 0.6) is 0 Å². The van der Waals surface area contributed by atoms with Gasteiger partial charge in [0.15, 0.2) is 5.78 Å². The van der Waals surface area contributed by atoms with Crippen molar-refractivity contribution in [2.24, 2.45) is 0 Å². The number of carbonyl (C=O) groups excluding carboxylic acids is 3. The van der Waals surface area contributed by atoms with Crippen molar-refractivity contribution < 1.29 is 19.1 Å². The Morgan fingerprint density at radius 1 is 1.04 bits per heavy atom. The standard InChI is InChI=1S/C21H13BrN2O4/c1-2-28-21(27)15-10-14-16(17(24-15)11-5-7-12(22)8-6-11)19(25)13-4-3-9-23-18(13)20(14)26/h3-10H,2H2,1H3. The van der Waals surface area contributed by atoms with Gasteiger partial charge in [0.05, 0.1) is 23.4 Å². The topological polar surface area (TPSA) is 86.2 Å². The predicted octanol–water partition coefficient (Wildman–Crippen LogP) is 3.86. The molecule has 0 saturated carbocycles. The lowest BCUT2D eigenvalue weighted by molar-refractivity contribution is 0.0519. The number of nitrogens with zero attached hydrogens (tertiary/aromatic N) is 2. The monoisotopic (exact) mass is 436 g/mol. The molecular formula is C21H13BrN2O4. The Labute approximate surface area is 168 Å². The molecule has 0 unspecified atom stereocenters. The Hall–Kier alpha value is -3.19. The first-order chi connectivity index (χ1) is 13.5. The number of carbonyl (C=O) groups is 3. The molecule has 0 spiro atoms. The number of rotatable bonds is 3. The van der Waals surface area contributed by atoms with Crippen LogP contribution in [0.25, 0.3) is 11.3 Å². The molecular weight excluding hydrogens is 424 g/mol. The van der Waals surface area contributed by atoms with Crippen molar-refractivity contribution in [2.45, 2.75) is 6.92 Å². The molecule has 28 heavy (non-hydrogen) atoms. The molecule has 0 fully saturated rings. The lowest BCUT2D eigenvalue weighted by atomic mass is 9.84. The summed E-state index contributed by atoms with van der Waals surface area (Å²) in [5.74, 6) is -1.43. The van der Waals surface area contributed by atoms with Crippen molar-refractivity contribution in [3.05, 3.63) is 81.2 Å². The number of aromatic nitrogens is 2. The third-order valence-electron chi connectivity index (χ3n) is 4.36. The molecule has 0 amide bonds. The molecule has 6 nitrogen and oxygen atoms in total. The van der Waals surface area contributed by atoms with Crippen molar-refractivity contribution in [3.63, 3.8) is 0 Å². The normalized spacial score (nSPS) is 12.4. The van der Waals surface area contributed by atoms with Gasteiger partial charge in [-0.3, -0.25) is 14.6 Å². The van der Waals surface area contributed by atoms with Crippen LogP contribution in [0.3, 0.4) is 0 Å². The van der Waals surface area contributed by atoms with E-state index in [1.54, 1.807) is 43.3 Å². The van der Waals surface area contributed by atoms with Crippen LogP contribution in [0.15, 0.2) is 53.1 Å². The van der Waals surface area contributed by atoms with Gasteiger partial charge in [0, 0.05) is 21.8 Å². The Balaban J connectivity index is 2.01. The zero-order valence-corrected chi connectivity index (χ0v) is 16.3. The van der Waals surface area contributed by atoms with Gasteiger partial charge in [-0.05, 0) is 37.3 Å². The minimum absolute atomic E-state index is 0.0287. The van der Waals surface area contributed by atoms with Crippen molar-refractivity contribution in [3.8, 4) is 11.3 Å². The molecule has 0 saturated heterocycles. The molecule has 0 atom stereocenters. The summed E-state index contributed by atoms with van der Waals surface area (Å²) in [4.78, 5) is 46.9. The van der Waals surface area contributed by atoms with Gasteiger partial charge in [-0.2, -0.15) is 0 Å². The van der Waals surface area contributed by atoms with Crippen molar-refractivity contribution in [1.82, 2.24) is 9.97 Å². The number of benzene rings is 1. The van der Waals surface area contributed by atoms with Crippen LogP contribution >= 0.6 is 15.9 Å². The third-order valence-corrected chi connectivity index (χ3v) is 4.89. The van der Waals surface area contributed by atoms with Crippen LogP contribution in [0, 0.1) is 0 Å². The molecule has 0 radical (unpaired) electrons. The van der Waals surface area contributed by atoms with E-state index in [-0.39, 0.29) is 46.2 Å². The summed E-state index contributed by atoms with van der Waals surface area (Å²) in [6.07, 6.45) is 1.46. The highest BCUT2D eigenvalue weighted by atomic mass is 79.9.